The van der Waals surface area contributed by atoms with Crippen LogP contribution in [0.3, 0.4) is 0 Å². The van der Waals surface area contributed by atoms with E-state index in [4.69, 9.17) is 10.7 Å². The fourth-order valence-electron chi connectivity index (χ4n) is 8.44. The Labute approximate surface area is 365 Å². The van der Waals surface area contributed by atoms with Gasteiger partial charge in [0, 0.05) is 24.4 Å². The minimum absolute atomic E-state index is 0.00109. The molecule has 6 heteroatoms. The van der Waals surface area contributed by atoms with Crippen molar-refractivity contribution in [3.05, 3.63) is 258 Å². The van der Waals surface area contributed by atoms with Gasteiger partial charge in [0.1, 0.15) is 18.2 Å². The maximum Gasteiger partial charge on any atom is 0.128 e. The van der Waals surface area contributed by atoms with E-state index >= 15 is 0 Å². The molecule has 5 atom stereocenters. The lowest BCUT2D eigenvalue weighted by molar-refractivity contribution is 0.390. The molecule has 62 heavy (non-hydrogen) atoms. The number of likely N-dealkylation sites (N-methyl/N-ethyl adjacent to an activating group) is 1. The van der Waals surface area contributed by atoms with Crippen LogP contribution in [0.5, 0.6) is 0 Å². The van der Waals surface area contributed by atoms with Crippen LogP contribution < -0.4 is 21.7 Å². The van der Waals surface area contributed by atoms with Gasteiger partial charge in [0.25, 0.3) is 0 Å². The highest BCUT2D eigenvalue weighted by molar-refractivity contribution is 5.97. The summed E-state index contributed by atoms with van der Waals surface area (Å²) in [4.78, 5) is 7.25. The molecule has 0 aromatic heterocycles. The topological polar surface area (TPSA) is 77.7 Å². The van der Waals surface area contributed by atoms with Crippen molar-refractivity contribution in [2.75, 3.05) is 7.05 Å². The lowest BCUT2D eigenvalue weighted by Crippen LogP contribution is -2.39. The Morgan fingerprint density at radius 3 is 1.95 bits per heavy atom. The number of hydrogen-bond acceptors (Lipinski definition) is 5. The molecule has 0 saturated carbocycles. The Bertz CT molecular complexity index is 2690. The molecule has 0 radical (unpaired) electrons. The van der Waals surface area contributed by atoms with Crippen LogP contribution in [-0.4, -0.2) is 17.8 Å². The van der Waals surface area contributed by atoms with Gasteiger partial charge in [0.05, 0.1) is 12.1 Å². The van der Waals surface area contributed by atoms with Gasteiger partial charge in [0.15, 0.2) is 0 Å². The highest BCUT2D eigenvalue weighted by atomic mass is 15.2. The van der Waals surface area contributed by atoms with Gasteiger partial charge in [-0.05, 0) is 87.0 Å². The molecule has 7 aromatic carbocycles. The minimum atomic E-state index is -0.320. The van der Waals surface area contributed by atoms with E-state index in [1.807, 2.05) is 48.5 Å². The third-order valence-corrected chi connectivity index (χ3v) is 11.9. The third kappa shape index (κ3) is 9.08. The summed E-state index contributed by atoms with van der Waals surface area (Å²) in [5, 5.41) is 11.4. The zero-order valence-electron chi connectivity index (χ0n) is 35.1. The van der Waals surface area contributed by atoms with Crippen molar-refractivity contribution >= 4 is 11.5 Å². The van der Waals surface area contributed by atoms with E-state index in [0.29, 0.717) is 5.84 Å². The molecule has 6 nitrogen and oxygen atoms in total. The fraction of sp³-hybridized carbons (Fsp3) is 0.125. The number of amidine groups is 1. The van der Waals surface area contributed by atoms with Gasteiger partial charge in [-0.2, -0.15) is 0 Å². The van der Waals surface area contributed by atoms with Crippen LogP contribution in [0, 0.1) is 0 Å². The van der Waals surface area contributed by atoms with E-state index in [0.717, 1.165) is 16.8 Å². The van der Waals surface area contributed by atoms with E-state index in [-0.39, 0.29) is 30.5 Å². The van der Waals surface area contributed by atoms with Crippen molar-refractivity contribution in [2.24, 2.45) is 10.7 Å². The predicted molar refractivity (Wildman–Crippen MR) is 257 cm³/mol. The summed E-state index contributed by atoms with van der Waals surface area (Å²) in [5.74, 6) is 0.501. The number of nitrogens with zero attached hydrogens (tertiary/aromatic N) is 2. The Balaban J connectivity index is 0.993. The SMILES string of the molecule is CC(NC(N=C(N)c1ccccc1)c1ccccc1)c1ccc(-c2cc(-c3ccc(C4NC(c5ccccc5)=CC(c5ccccc5)N4)cc3)ccc2C2C=CC=CN2C)cc1. The number of rotatable bonds is 12. The Kier molecular flexibility index (Phi) is 12.0. The molecule has 0 fully saturated rings. The summed E-state index contributed by atoms with van der Waals surface area (Å²) >= 11 is 0. The monoisotopic (exact) mass is 808 g/mol. The summed E-state index contributed by atoms with van der Waals surface area (Å²) in [5.41, 5.74) is 20.3. The van der Waals surface area contributed by atoms with E-state index < -0.39 is 0 Å². The number of allylic oxidation sites excluding steroid dienone is 2. The molecule has 9 rings (SSSR count). The van der Waals surface area contributed by atoms with Crippen LogP contribution in [0.1, 0.15) is 76.3 Å². The Morgan fingerprint density at radius 2 is 1.26 bits per heavy atom. The third-order valence-electron chi connectivity index (χ3n) is 11.9. The molecule has 7 aromatic rings. The van der Waals surface area contributed by atoms with Crippen LogP contribution in [0.4, 0.5) is 0 Å². The van der Waals surface area contributed by atoms with E-state index in [1.165, 1.54) is 50.1 Å². The molecular formula is C56H52N6. The van der Waals surface area contributed by atoms with Gasteiger partial charge in [-0.15, -0.1) is 0 Å². The van der Waals surface area contributed by atoms with E-state index in [2.05, 4.69) is 205 Å². The molecule has 0 bridgehead atoms. The molecule has 0 amide bonds. The first-order chi connectivity index (χ1) is 30.5. The van der Waals surface area contributed by atoms with Gasteiger partial charge in [-0.1, -0.05) is 194 Å². The average Bonchev–Trinajstić information content (AvgIpc) is 3.35. The zero-order chi connectivity index (χ0) is 42.3. The molecule has 2 aliphatic rings. The zero-order valence-corrected chi connectivity index (χ0v) is 35.1. The summed E-state index contributed by atoms with van der Waals surface area (Å²) in [6.45, 7) is 2.18. The maximum absolute atomic E-state index is 6.55. The van der Waals surface area contributed by atoms with Crippen molar-refractivity contribution in [1.82, 2.24) is 20.9 Å². The Hall–Kier alpha value is -7.25. The minimum Gasteiger partial charge on any atom is -0.383 e. The van der Waals surface area contributed by atoms with Crippen molar-refractivity contribution in [1.29, 1.82) is 0 Å². The maximum atomic E-state index is 6.55. The summed E-state index contributed by atoms with van der Waals surface area (Å²) in [7, 11) is 2.14. The second-order valence-corrected chi connectivity index (χ2v) is 16.0. The van der Waals surface area contributed by atoms with Gasteiger partial charge >= 0.3 is 0 Å². The number of benzene rings is 7. The second kappa shape index (κ2) is 18.6. The molecule has 0 aliphatic carbocycles. The Morgan fingerprint density at radius 1 is 0.629 bits per heavy atom. The van der Waals surface area contributed by atoms with Crippen molar-refractivity contribution in [3.63, 3.8) is 0 Å². The van der Waals surface area contributed by atoms with Crippen LogP contribution in [0.2, 0.25) is 0 Å². The molecule has 0 spiro atoms. The van der Waals surface area contributed by atoms with Crippen LogP contribution in [-0.2, 0) is 0 Å². The number of nitrogens with two attached hydrogens (primary N) is 1. The normalized spacial score (nSPS) is 18.4. The molecule has 2 heterocycles. The van der Waals surface area contributed by atoms with Gasteiger partial charge in [-0.3, -0.25) is 10.6 Å². The van der Waals surface area contributed by atoms with Crippen LogP contribution in [0.25, 0.3) is 28.0 Å². The highest BCUT2D eigenvalue weighted by Crippen LogP contribution is 2.38. The van der Waals surface area contributed by atoms with E-state index in [1.54, 1.807) is 0 Å². The number of hydrogen-bond donors (Lipinski definition) is 4. The smallest absolute Gasteiger partial charge is 0.128 e. The lowest BCUT2D eigenvalue weighted by Gasteiger charge is -2.33. The van der Waals surface area contributed by atoms with Crippen LogP contribution in [0.15, 0.2) is 224 Å². The summed E-state index contributed by atoms with van der Waals surface area (Å²) in [6, 6.07) is 66.5. The van der Waals surface area contributed by atoms with Gasteiger partial charge in [0.2, 0.25) is 0 Å². The molecule has 2 aliphatic heterocycles. The molecule has 5 unspecified atom stereocenters. The lowest BCUT2D eigenvalue weighted by atomic mass is 9.89. The first-order valence-corrected chi connectivity index (χ1v) is 21.4. The highest BCUT2D eigenvalue weighted by Gasteiger charge is 2.25. The van der Waals surface area contributed by atoms with Gasteiger partial charge < -0.3 is 16.0 Å². The van der Waals surface area contributed by atoms with Crippen LogP contribution >= 0.6 is 0 Å². The first kappa shape index (κ1) is 40.2. The van der Waals surface area contributed by atoms with Gasteiger partial charge in [-0.25, -0.2) is 4.99 Å². The predicted octanol–water partition coefficient (Wildman–Crippen LogP) is 11.8. The average molecular weight is 809 g/mol. The van der Waals surface area contributed by atoms with Crippen molar-refractivity contribution in [3.8, 4) is 22.3 Å². The van der Waals surface area contributed by atoms with Crippen molar-refractivity contribution in [2.45, 2.75) is 37.4 Å². The number of nitrogens with one attached hydrogen (secondary N) is 3. The van der Waals surface area contributed by atoms with Crippen molar-refractivity contribution < 1.29 is 0 Å². The molecule has 0 saturated heterocycles. The molecular weight excluding hydrogens is 757 g/mol. The number of aliphatic imine (C=N–C) groups is 1. The molecule has 306 valence electrons. The fourth-order valence-corrected chi connectivity index (χ4v) is 8.44. The molecule has 5 N–H and O–H groups in total. The second-order valence-electron chi connectivity index (χ2n) is 16.0. The standard InChI is InChI=1S/C56H52N6/c1-39(58-55(46-23-13-6-14-24-46)61-54(57)45-21-11-5-12-22-45)40-26-30-42(31-27-40)50-37-48(34-35-49(50)53-25-15-16-36-62(53)2)41-28-32-47(33-29-41)56-59-51(43-17-7-3-8-18-43)38-52(60-56)44-19-9-4-10-20-44/h3-39,51,53,55-56,58-60H,1-2H3,(H2,57,61). The van der Waals surface area contributed by atoms with E-state index in [9.17, 15) is 0 Å². The quantitative estimate of drug-likeness (QED) is 0.0731. The summed E-state index contributed by atoms with van der Waals surface area (Å²) in [6.07, 6.45) is 10.5. The summed E-state index contributed by atoms with van der Waals surface area (Å²) < 4.78 is 0. The first-order valence-electron chi connectivity index (χ1n) is 21.4. The largest absolute Gasteiger partial charge is 0.383 e.